The molecule has 0 saturated heterocycles. The van der Waals surface area contributed by atoms with Crippen LogP contribution in [0.1, 0.15) is 5.56 Å². The van der Waals surface area contributed by atoms with Gasteiger partial charge in [-0.3, -0.25) is 0 Å². The molecule has 0 atom stereocenters. The lowest BCUT2D eigenvalue weighted by Gasteiger charge is -2.05. The molecule has 20 heavy (non-hydrogen) atoms. The Bertz CT molecular complexity index is 850. The van der Waals surface area contributed by atoms with E-state index in [1.165, 1.54) is 0 Å². The van der Waals surface area contributed by atoms with Crippen LogP contribution in [-0.4, -0.2) is 11.1 Å². The van der Waals surface area contributed by atoms with Crippen molar-refractivity contribution in [2.75, 3.05) is 0 Å². The lowest BCUT2D eigenvalue weighted by Crippen LogP contribution is -1.86. The van der Waals surface area contributed by atoms with Gasteiger partial charge in [0.1, 0.15) is 0 Å². The SMILES string of the molecule is O=C(O)/C=C/c1ccc2c(ccc3cc(Cl)ccc32)c1. The van der Waals surface area contributed by atoms with Crippen molar-refractivity contribution >= 4 is 45.2 Å². The second-order valence-electron chi connectivity index (χ2n) is 4.58. The molecule has 0 unspecified atom stereocenters. The normalized spacial score (nSPS) is 11.4. The highest BCUT2D eigenvalue weighted by molar-refractivity contribution is 6.31. The van der Waals surface area contributed by atoms with E-state index in [1.807, 2.05) is 48.5 Å². The van der Waals surface area contributed by atoms with Crippen LogP contribution in [0.5, 0.6) is 0 Å². The van der Waals surface area contributed by atoms with Crippen molar-refractivity contribution in [2.45, 2.75) is 0 Å². The van der Waals surface area contributed by atoms with Crippen LogP contribution >= 0.6 is 11.6 Å². The first-order valence-electron chi connectivity index (χ1n) is 6.16. The zero-order valence-electron chi connectivity index (χ0n) is 10.5. The Hall–Kier alpha value is -2.32. The number of carboxylic acids is 1. The monoisotopic (exact) mass is 282 g/mol. The van der Waals surface area contributed by atoms with Gasteiger partial charge in [-0.2, -0.15) is 0 Å². The van der Waals surface area contributed by atoms with Crippen LogP contribution in [0.15, 0.2) is 54.6 Å². The van der Waals surface area contributed by atoms with E-state index < -0.39 is 5.97 Å². The largest absolute Gasteiger partial charge is 0.478 e. The first kappa shape index (κ1) is 12.7. The van der Waals surface area contributed by atoms with Gasteiger partial charge in [0.15, 0.2) is 0 Å². The number of rotatable bonds is 2. The molecule has 0 spiro atoms. The summed E-state index contributed by atoms with van der Waals surface area (Å²) in [6.07, 6.45) is 2.73. The summed E-state index contributed by atoms with van der Waals surface area (Å²) in [5, 5.41) is 13.8. The minimum atomic E-state index is -0.946. The van der Waals surface area contributed by atoms with Crippen LogP contribution in [0, 0.1) is 0 Å². The van der Waals surface area contributed by atoms with Crippen LogP contribution in [0.3, 0.4) is 0 Å². The molecule has 0 heterocycles. The summed E-state index contributed by atoms with van der Waals surface area (Å²) in [6, 6.07) is 15.8. The van der Waals surface area contributed by atoms with E-state index in [0.29, 0.717) is 0 Å². The third-order valence-electron chi connectivity index (χ3n) is 3.24. The van der Waals surface area contributed by atoms with Gasteiger partial charge in [0.05, 0.1) is 0 Å². The van der Waals surface area contributed by atoms with Crippen molar-refractivity contribution in [3.05, 3.63) is 65.2 Å². The maximum Gasteiger partial charge on any atom is 0.328 e. The van der Waals surface area contributed by atoms with Gasteiger partial charge in [0, 0.05) is 11.1 Å². The van der Waals surface area contributed by atoms with E-state index in [-0.39, 0.29) is 0 Å². The number of hydrogen-bond donors (Lipinski definition) is 1. The molecule has 0 fully saturated rings. The third kappa shape index (κ3) is 2.38. The molecule has 0 bridgehead atoms. The lowest BCUT2D eigenvalue weighted by molar-refractivity contribution is -0.131. The summed E-state index contributed by atoms with van der Waals surface area (Å²) < 4.78 is 0. The van der Waals surface area contributed by atoms with Gasteiger partial charge >= 0.3 is 5.97 Å². The van der Waals surface area contributed by atoms with Crippen LogP contribution in [0.25, 0.3) is 27.6 Å². The summed E-state index contributed by atoms with van der Waals surface area (Å²) in [7, 11) is 0. The number of carboxylic acid groups (broad SMARTS) is 1. The molecule has 3 aromatic carbocycles. The number of benzene rings is 3. The predicted molar refractivity (Wildman–Crippen MR) is 83.1 cm³/mol. The molecular formula is C17H11ClO2. The fourth-order valence-corrected chi connectivity index (χ4v) is 2.51. The van der Waals surface area contributed by atoms with E-state index in [1.54, 1.807) is 6.08 Å². The maximum atomic E-state index is 10.5. The molecule has 0 saturated carbocycles. The van der Waals surface area contributed by atoms with E-state index in [9.17, 15) is 4.79 Å². The summed E-state index contributed by atoms with van der Waals surface area (Å²) in [5.41, 5.74) is 0.869. The number of hydrogen-bond acceptors (Lipinski definition) is 1. The topological polar surface area (TPSA) is 37.3 Å². The quantitative estimate of drug-likeness (QED) is 0.544. The molecular weight excluding hydrogens is 272 g/mol. The molecule has 0 aromatic heterocycles. The first-order valence-corrected chi connectivity index (χ1v) is 6.54. The smallest absolute Gasteiger partial charge is 0.328 e. The Balaban J connectivity index is 2.19. The van der Waals surface area contributed by atoms with E-state index in [0.717, 1.165) is 38.2 Å². The summed E-state index contributed by atoms with van der Waals surface area (Å²) in [4.78, 5) is 10.5. The second-order valence-corrected chi connectivity index (χ2v) is 5.02. The molecule has 0 radical (unpaired) electrons. The number of aliphatic carboxylic acids is 1. The van der Waals surface area contributed by atoms with Gasteiger partial charge < -0.3 is 5.11 Å². The van der Waals surface area contributed by atoms with Gasteiger partial charge in [0.2, 0.25) is 0 Å². The zero-order valence-corrected chi connectivity index (χ0v) is 11.3. The zero-order chi connectivity index (χ0) is 14.1. The molecule has 3 aromatic rings. The molecule has 0 aliphatic rings. The van der Waals surface area contributed by atoms with Crippen molar-refractivity contribution in [1.82, 2.24) is 0 Å². The van der Waals surface area contributed by atoms with Crippen molar-refractivity contribution in [3.8, 4) is 0 Å². The highest BCUT2D eigenvalue weighted by atomic mass is 35.5. The standard InChI is InChI=1S/C17H11ClO2/c18-14-5-7-16-13(10-14)4-3-12-9-11(1-6-15(12)16)2-8-17(19)20/h1-10H,(H,19,20)/b8-2+. The highest BCUT2D eigenvalue weighted by Crippen LogP contribution is 2.28. The van der Waals surface area contributed by atoms with Gasteiger partial charge in [-0.25, -0.2) is 4.79 Å². The van der Waals surface area contributed by atoms with Gasteiger partial charge in [-0.05, 0) is 51.4 Å². The third-order valence-corrected chi connectivity index (χ3v) is 3.48. The molecule has 2 nitrogen and oxygen atoms in total. The minimum Gasteiger partial charge on any atom is -0.478 e. The Morgan fingerprint density at radius 1 is 0.950 bits per heavy atom. The van der Waals surface area contributed by atoms with Crippen LogP contribution in [-0.2, 0) is 4.79 Å². The molecule has 3 rings (SSSR count). The van der Waals surface area contributed by atoms with Crippen molar-refractivity contribution in [1.29, 1.82) is 0 Å². The van der Waals surface area contributed by atoms with Crippen LogP contribution in [0.4, 0.5) is 0 Å². The average Bonchev–Trinajstić information content (AvgIpc) is 2.44. The van der Waals surface area contributed by atoms with Crippen molar-refractivity contribution < 1.29 is 9.90 Å². The van der Waals surface area contributed by atoms with Gasteiger partial charge in [-0.15, -0.1) is 0 Å². The number of halogens is 1. The Kier molecular flexibility index (Phi) is 3.17. The van der Waals surface area contributed by atoms with E-state index in [2.05, 4.69) is 0 Å². The van der Waals surface area contributed by atoms with Crippen molar-refractivity contribution in [3.63, 3.8) is 0 Å². The van der Waals surface area contributed by atoms with E-state index >= 15 is 0 Å². The number of fused-ring (bicyclic) bond motifs is 3. The van der Waals surface area contributed by atoms with Gasteiger partial charge in [-0.1, -0.05) is 41.9 Å². The fourth-order valence-electron chi connectivity index (χ4n) is 2.33. The average molecular weight is 283 g/mol. The summed E-state index contributed by atoms with van der Waals surface area (Å²) in [6.45, 7) is 0. The summed E-state index contributed by atoms with van der Waals surface area (Å²) in [5.74, 6) is -0.946. The maximum absolute atomic E-state index is 10.5. The lowest BCUT2D eigenvalue weighted by atomic mass is 10.00. The molecule has 0 aliphatic carbocycles. The Morgan fingerprint density at radius 3 is 2.30 bits per heavy atom. The van der Waals surface area contributed by atoms with E-state index in [4.69, 9.17) is 16.7 Å². The molecule has 3 heteroatoms. The minimum absolute atomic E-state index is 0.720. The first-order chi connectivity index (χ1) is 9.63. The van der Waals surface area contributed by atoms with Crippen molar-refractivity contribution in [2.24, 2.45) is 0 Å². The number of carbonyl (C=O) groups is 1. The molecule has 0 aliphatic heterocycles. The molecule has 98 valence electrons. The van der Waals surface area contributed by atoms with Crippen LogP contribution < -0.4 is 0 Å². The molecule has 1 N–H and O–H groups in total. The Morgan fingerprint density at radius 2 is 1.60 bits per heavy atom. The molecule has 0 amide bonds. The predicted octanol–water partition coefficient (Wildman–Crippen LogP) is 4.74. The second kappa shape index (κ2) is 4.99. The Labute approximate surface area is 120 Å². The highest BCUT2D eigenvalue weighted by Gasteiger charge is 2.02. The van der Waals surface area contributed by atoms with Gasteiger partial charge in [0.25, 0.3) is 0 Å². The summed E-state index contributed by atoms with van der Waals surface area (Å²) >= 11 is 6.00. The van der Waals surface area contributed by atoms with Crippen LogP contribution in [0.2, 0.25) is 5.02 Å². The fraction of sp³-hybridized carbons (Fsp3) is 0.